The van der Waals surface area contributed by atoms with E-state index in [1.807, 2.05) is 9.80 Å². The number of benzene rings is 2. The van der Waals surface area contributed by atoms with Crippen molar-refractivity contribution in [1.82, 2.24) is 14.8 Å². The molecule has 2 saturated heterocycles. The van der Waals surface area contributed by atoms with Gasteiger partial charge in [-0.25, -0.2) is 9.37 Å². The lowest BCUT2D eigenvalue weighted by atomic mass is 9.91. The Morgan fingerprint density at radius 1 is 1.11 bits per heavy atom. The standard InChI is InChI=1S/C27H24BrClFN3O3/c1-16-22(11-20(30)12-23(16)28)27(35)33-10-2-3-18-14-32(15-24(18)33)26(34)17-4-7-21(8-5-17)36-25-9-6-19(29)13-31-25/h4-9,11-13,18,24H,2-3,10,14-15H2,1H3/t18-,24-/m1/s1. The third-order valence-corrected chi connectivity index (χ3v) is 7.94. The Hall–Kier alpha value is -2.97. The molecule has 186 valence electrons. The average molecular weight is 573 g/mol. The van der Waals surface area contributed by atoms with Gasteiger partial charge in [0.2, 0.25) is 5.88 Å². The van der Waals surface area contributed by atoms with E-state index in [2.05, 4.69) is 20.9 Å². The van der Waals surface area contributed by atoms with E-state index in [0.29, 0.717) is 57.4 Å². The number of aromatic nitrogens is 1. The van der Waals surface area contributed by atoms with Gasteiger partial charge < -0.3 is 14.5 Å². The molecule has 2 atom stereocenters. The smallest absolute Gasteiger partial charge is 0.254 e. The van der Waals surface area contributed by atoms with E-state index in [1.165, 1.54) is 18.3 Å². The van der Waals surface area contributed by atoms with Crippen molar-refractivity contribution in [2.75, 3.05) is 19.6 Å². The summed E-state index contributed by atoms with van der Waals surface area (Å²) in [7, 11) is 0. The molecule has 0 spiro atoms. The Morgan fingerprint density at radius 2 is 1.89 bits per heavy atom. The third-order valence-electron chi connectivity index (χ3n) is 6.89. The first-order valence-electron chi connectivity index (χ1n) is 11.8. The van der Waals surface area contributed by atoms with Gasteiger partial charge in [-0.05, 0) is 73.7 Å². The maximum atomic E-state index is 14.1. The molecule has 0 unspecified atom stereocenters. The molecule has 2 fully saturated rings. The summed E-state index contributed by atoms with van der Waals surface area (Å²) in [6.07, 6.45) is 3.31. The van der Waals surface area contributed by atoms with Gasteiger partial charge >= 0.3 is 0 Å². The van der Waals surface area contributed by atoms with Crippen LogP contribution in [0.1, 0.15) is 39.1 Å². The van der Waals surface area contributed by atoms with E-state index < -0.39 is 5.82 Å². The number of amides is 2. The number of pyridine rings is 1. The zero-order valence-corrected chi connectivity index (χ0v) is 21.9. The fourth-order valence-electron chi connectivity index (χ4n) is 5.01. The van der Waals surface area contributed by atoms with Crippen LogP contribution in [-0.2, 0) is 0 Å². The Kier molecular flexibility index (Phi) is 6.99. The van der Waals surface area contributed by atoms with Gasteiger partial charge in [0, 0.05) is 47.5 Å². The number of rotatable bonds is 4. The van der Waals surface area contributed by atoms with Gasteiger partial charge in [0.25, 0.3) is 11.8 Å². The first-order valence-corrected chi connectivity index (χ1v) is 12.9. The lowest BCUT2D eigenvalue weighted by Crippen LogP contribution is -2.48. The minimum atomic E-state index is -0.452. The van der Waals surface area contributed by atoms with Crippen molar-refractivity contribution >= 4 is 39.3 Å². The molecule has 0 radical (unpaired) electrons. The molecule has 0 N–H and O–H groups in total. The first-order chi connectivity index (χ1) is 17.3. The summed E-state index contributed by atoms with van der Waals surface area (Å²) in [5.41, 5.74) is 1.62. The van der Waals surface area contributed by atoms with Crippen LogP contribution in [0.25, 0.3) is 0 Å². The quantitative estimate of drug-likeness (QED) is 0.378. The van der Waals surface area contributed by atoms with Gasteiger partial charge in [0.05, 0.1) is 11.1 Å². The lowest BCUT2D eigenvalue weighted by Gasteiger charge is -2.37. The number of nitrogens with zero attached hydrogens (tertiary/aromatic N) is 3. The minimum Gasteiger partial charge on any atom is -0.439 e. The molecule has 3 aromatic rings. The first kappa shape index (κ1) is 24.7. The minimum absolute atomic E-state index is 0.0855. The highest BCUT2D eigenvalue weighted by Gasteiger charge is 2.43. The number of fused-ring (bicyclic) bond motifs is 1. The monoisotopic (exact) mass is 571 g/mol. The second kappa shape index (κ2) is 10.2. The van der Waals surface area contributed by atoms with Crippen molar-refractivity contribution < 1.29 is 18.7 Å². The number of carbonyl (C=O) groups excluding carboxylic acids is 2. The summed E-state index contributed by atoms with van der Waals surface area (Å²) in [4.78, 5) is 34.5. The van der Waals surface area contributed by atoms with Crippen molar-refractivity contribution in [1.29, 1.82) is 0 Å². The molecule has 0 saturated carbocycles. The number of piperidine rings is 1. The Morgan fingerprint density at radius 3 is 2.61 bits per heavy atom. The summed E-state index contributed by atoms with van der Waals surface area (Å²) >= 11 is 9.20. The van der Waals surface area contributed by atoms with E-state index in [1.54, 1.807) is 43.3 Å². The molecule has 3 heterocycles. The van der Waals surface area contributed by atoms with Gasteiger partial charge in [-0.3, -0.25) is 9.59 Å². The number of hydrogen-bond donors (Lipinski definition) is 0. The van der Waals surface area contributed by atoms with Crippen molar-refractivity contribution in [3.63, 3.8) is 0 Å². The van der Waals surface area contributed by atoms with Crippen LogP contribution >= 0.6 is 27.5 Å². The zero-order valence-electron chi connectivity index (χ0n) is 19.6. The van der Waals surface area contributed by atoms with E-state index >= 15 is 0 Å². The summed E-state index contributed by atoms with van der Waals surface area (Å²) in [6.45, 7) is 3.45. The highest BCUT2D eigenvalue weighted by atomic mass is 79.9. The molecule has 2 aliphatic heterocycles. The van der Waals surface area contributed by atoms with Crippen LogP contribution in [0.2, 0.25) is 5.02 Å². The molecular formula is C27H24BrClFN3O3. The third kappa shape index (κ3) is 4.97. The van der Waals surface area contributed by atoms with Crippen molar-refractivity contribution in [3.05, 3.63) is 86.7 Å². The van der Waals surface area contributed by atoms with E-state index in [4.69, 9.17) is 16.3 Å². The molecular weight excluding hydrogens is 549 g/mol. The molecule has 6 nitrogen and oxygen atoms in total. The fraction of sp³-hybridized carbons (Fsp3) is 0.296. The summed E-state index contributed by atoms with van der Waals surface area (Å²) in [5, 5.41) is 0.522. The predicted molar refractivity (Wildman–Crippen MR) is 138 cm³/mol. The molecule has 0 aliphatic carbocycles. The van der Waals surface area contributed by atoms with Crippen LogP contribution in [-0.4, -0.2) is 52.3 Å². The van der Waals surface area contributed by atoms with Crippen LogP contribution in [0.5, 0.6) is 11.6 Å². The van der Waals surface area contributed by atoms with E-state index in [-0.39, 0.29) is 23.8 Å². The average Bonchev–Trinajstić information content (AvgIpc) is 3.32. The van der Waals surface area contributed by atoms with Gasteiger partial charge in [-0.15, -0.1) is 0 Å². The largest absolute Gasteiger partial charge is 0.439 e. The number of likely N-dealkylation sites (tertiary alicyclic amines) is 2. The van der Waals surface area contributed by atoms with Gasteiger partial charge in [-0.1, -0.05) is 27.5 Å². The SMILES string of the molecule is Cc1c(Br)cc(F)cc1C(=O)N1CCC[C@@H]2CN(C(=O)c3ccc(Oc4ccc(Cl)cn4)cc3)C[C@H]21. The van der Waals surface area contributed by atoms with Crippen LogP contribution in [0.3, 0.4) is 0 Å². The number of carbonyl (C=O) groups is 2. The van der Waals surface area contributed by atoms with Gasteiger partial charge in [0.1, 0.15) is 11.6 Å². The Labute approximate surface area is 222 Å². The fourth-order valence-corrected chi connectivity index (χ4v) is 5.56. The molecule has 36 heavy (non-hydrogen) atoms. The van der Waals surface area contributed by atoms with E-state index in [0.717, 1.165) is 12.8 Å². The van der Waals surface area contributed by atoms with Crippen molar-refractivity contribution in [2.45, 2.75) is 25.8 Å². The molecule has 0 bridgehead atoms. The summed E-state index contributed by atoms with van der Waals surface area (Å²) in [5.74, 6) is 0.443. The maximum absolute atomic E-state index is 14.1. The van der Waals surface area contributed by atoms with Crippen molar-refractivity contribution in [3.8, 4) is 11.6 Å². The van der Waals surface area contributed by atoms with Gasteiger partial charge in [-0.2, -0.15) is 0 Å². The Bertz CT molecular complexity index is 1300. The van der Waals surface area contributed by atoms with E-state index in [9.17, 15) is 14.0 Å². The number of ether oxygens (including phenoxy) is 1. The lowest BCUT2D eigenvalue weighted by molar-refractivity contribution is 0.0563. The van der Waals surface area contributed by atoms with Crippen molar-refractivity contribution in [2.24, 2.45) is 5.92 Å². The predicted octanol–water partition coefficient (Wildman–Crippen LogP) is 6.11. The molecule has 9 heteroatoms. The molecule has 1 aromatic heterocycles. The summed E-state index contributed by atoms with van der Waals surface area (Å²) in [6, 6.07) is 12.9. The van der Waals surface area contributed by atoms with Crippen LogP contribution in [0.15, 0.2) is 59.2 Å². The van der Waals surface area contributed by atoms with Crippen LogP contribution in [0.4, 0.5) is 4.39 Å². The Balaban J connectivity index is 1.28. The topological polar surface area (TPSA) is 62.7 Å². The number of hydrogen-bond acceptors (Lipinski definition) is 4. The van der Waals surface area contributed by atoms with Gasteiger partial charge in [0.15, 0.2) is 0 Å². The highest BCUT2D eigenvalue weighted by Crippen LogP contribution is 2.34. The normalized spacial score (nSPS) is 19.2. The maximum Gasteiger partial charge on any atom is 0.254 e. The molecule has 2 aromatic carbocycles. The van der Waals surface area contributed by atoms with Crippen LogP contribution in [0, 0.1) is 18.7 Å². The van der Waals surface area contributed by atoms with Crippen LogP contribution < -0.4 is 4.74 Å². The second-order valence-electron chi connectivity index (χ2n) is 9.18. The highest BCUT2D eigenvalue weighted by molar-refractivity contribution is 9.10. The zero-order chi connectivity index (χ0) is 25.4. The molecule has 2 aliphatic rings. The number of halogens is 3. The molecule has 5 rings (SSSR count). The molecule has 2 amide bonds. The summed E-state index contributed by atoms with van der Waals surface area (Å²) < 4.78 is 20.3. The second-order valence-corrected chi connectivity index (χ2v) is 10.5.